The highest BCUT2D eigenvalue weighted by Crippen LogP contribution is 2.34. The van der Waals surface area contributed by atoms with E-state index in [1.54, 1.807) is 0 Å². The summed E-state index contributed by atoms with van der Waals surface area (Å²) in [4.78, 5) is 13.9. The van der Waals surface area contributed by atoms with Gasteiger partial charge in [0.25, 0.3) is 0 Å². The number of rotatable bonds is 2. The van der Waals surface area contributed by atoms with E-state index < -0.39 is 22.2 Å². The molecule has 0 aliphatic carbocycles. The number of nitrogen functional groups attached to an aromatic ring is 1. The van der Waals surface area contributed by atoms with Crippen molar-refractivity contribution < 1.29 is 13.7 Å². The van der Waals surface area contributed by atoms with Crippen LogP contribution in [0.25, 0.3) is 11.1 Å². The van der Waals surface area contributed by atoms with E-state index in [9.17, 15) is 18.9 Å². The molecule has 0 atom stereocenters. The van der Waals surface area contributed by atoms with Crippen LogP contribution in [0.4, 0.5) is 20.3 Å². The number of nitrogens with zero attached hydrogens (tertiary/aromatic N) is 2. The second-order valence-corrected chi connectivity index (χ2v) is 3.89. The lowest BCUT2D eigenvalue weighted by molar-refractivity contribution is -0.384. The molecular formula is C12H9F2N3O2. The standard InChI is InChI=1S/C12H9F2N3O2/c1-6-8(5-16-12(15)11(6)17(18)19)7-3-2-4-9(13)10(7)14/h2-5H,1H3,(H2,15,16). The van der Waals surface area contributed by atoms with Crippen LogP contribution in [0.3, 0.4) is 0 Å². The van der Waals surface area contributed by atoms with E-state index in [1.165, 1.54) is 25.3 Å². The highest BCUT2D eigenvalue weighted by molar-refractivity contribution is 5.74. The van der Waals surface area contributed by atoms with Crippen molar-refractivity contribution in [3.8, 4) is 11.1 Å². The van der Waals surface area contributed by atoms with Gasteiger partial charge in [-0.15, -0.1) is 0 Å². The molecule has 1 aromatic carbocycles. The third-order valence-electron chi connectivity index (χ3n) is 2.76. The second-order valence-electron chi connectivity index (χ2n) is 3.89. The Hall–Kier alpha value is -2.57. The molecule has 0 saturated heterocycles. The van der Waals surface area contributed by atoms with E-state index in [0.717, 1.165) is 6.07 Å². The topological polar surface area (TPSA) is 82.0 Å². The summed E-state index contributed by atoms with van der Waals surface area (Å²) in [6.45, 7) is 1.41. The van der Waals surface area contributed by atoms with Gasteiger partial charge in [-0.25, -0.2) is 13.8 Å². The van der Waals surface area contributed by atoms with E-state index in [1.807, 2.05) is 0 Å². The van der Waals surface area contributed by atoms with Gasteiger partial charge in [0.15, 0.2) is 11.6 Å². The highest BCUT2D eigenvalue weighted by Gasteiger charge is 2.22. The zero-order valence-corrected chi connectivity index (χ0v) is 9.85. The van der Waals surface area contributed by atoms with E-state index >= 15 is 0 Å². The lowest BCUT2D eigenvalue weighted by Gasteiger charge is -2.08. The van der Waals surface area contributed by atoms with Crippen molar-refractivity contribution in [1.29, 1.82) is 0 Å². The molecule has 0 fully saturated rings. The fraction of sp³-hybridized carbons (Fsp3) is 0.0833. The molecular weight excluding hydrogens is 256 g/mol. The van der Waals surface area contributed by atoms with Gasteiger partial charge in [0.05, 0.1) is 4.92 Å². The Labute approximate surface area is 106 Å². The van der Waals surface area contributed by atoms with Crippen molar-refractivity contribution in [2.75, 3.05) is 5.73 Å². The minimum absolute atomic E-state index is 0.0897. The zero-order chi connectivity index (χ0) is 14.2. The van der Waals surface area contributed by atoms with Crippen molar-refractivity contribution in [2.45, 2.75) is 6.92 Å². The molecule has 0 spiro atoms. The summed E-state index contributed by atoms with van der Waals surface area (Å²) in [6, 6.07) is 3.60. The molecule has 7 heteroatoms. The van der Waals surface area contributed by atoms with Gasteiger partial charge in [0.2, 0.25) is 5.82 Å². The highest BCUT2D eigenvalue weighted by atomic mass is 19.2. The molecule has 0 bridgehead atoms. The molecule has 0 aliphatic rings. The van der Waals surface area contributed by atoms with Crippen LogP contribution in [0.1, 0.15) is 5.56 Å². The SMILES string of the molecule is Cc1c(-c2cccc(F)c2F)cnc(N)c1[N+](=O)[O-]. The van der Waals surface area contributed by atoms with Crippen molar-refractivity contribution in [1.82, 2.24) is 4.98 Å². The van der Waals surface area contributed by atoms with Crippen molar-refractivity contribution in [3.63, 3.8) is 0 Å². The lowest BCUT2D eigenvalue weighted by Crippen LogP contribution is -2.03. The van der Waals surface area contributed by atoms with Crippen LogP contribution in [0, 0.1) is 28.7 Å². The summed E-state index contributed by atoms with van der Waals surface area (Å²) in [7, 11) is 0. The first-order valence-electron chi connectivity index (χ1n) is 5.27. The Morgan fingerprint density at radius 3 is 2.63 bits per heavy atom. The summed E-state index contributed by atoms with van der Waals surface area (Å²) in [5.74, 6) is -2.37. The smallest absolute Gasteiger partial charge is 0.314 e. The van der Waals surface area contributed by atoms with Crippen LogP contribution >= 0.6 is 0 Å². The summed E-state index contributed by atoms with van der Waals surface area (Å²) in [5.41, 5.74) is 5.20. The molecule has 0 saturated carbocycles. The van der Waals surface area contributed by atoms with Gasteiger partial charge in [0, 0.05) is 22.9 Å². The first kappa shape index (κ1) is 12.9. The summed E-state index contributed by atoms with van der Waals surface area (Å²) in [5, 5.41) is 10.9. The Morgan fingerprint density at radius 1 is 1.32 bits per heavy atom. The van der Waals surface area contributed by atoms with Crippen LogP contribution < -0.4 is 5.73 Å². The van der Waals surface area contributed by atoms with Gasteiger partial charge in [-0.2, -0.15) is 0 Å². The van der Waals surface area contributed by atoms with Gasteiger partial charge in [0.1, 0.15) is 0 Å². The average molecular weight is 265 g/mol. The first-order chi connectivity index (χ1) is 8.93. The molecule has 2 N–H and O–H groups in total. The number of halogens is 2. The third-order valence-corrected chi connectivity index (χ3v) is 2.76. The van der Waals surface area contributed by atoms with Gasteiger partial charge >= 0.3 is 5.69 Å². The molecule has 1 aromatic heterocycles. The van der Waals surface area contributed by atoms with Crippen LogP contribution in [0.5, 0.6) is 0 Å². The maximum atomic E-state index is 13.7. The predicted molar refractivity (Wildman–Crippen MR) is 65.4 cm³/mol. The molecule has 0 radical (unpaired) electrons. The largest absolute Gasteiger partial charge is 0.378 e. The normalized spacial score (nSPS) is 10.5. The van der Waals surface area contributed by atoms with E-state index in [2.05, 4.69) is 4.98 Å². The first-order valence-corrected chi connectivity index (χ1v) is 5.27. The van der Waals surface area contributed by atoms with Gasteiger partial charge in [-0.05, 0) is 13.0 Å². The monoisotopic (exact) mass is 265 g/mol. The maximum Gasteiger partial charge on any atom is 0.314 e. The number of pyridine rings is 1. The molecule has 2 rings (SSSR count). The molecule has 0 aliphatic heterocycles. The molecule has 2 aromatic rings. The number of nitrogens with two attached hydrogens (primary N) is 1. The molecule has 0 unspecified atom stereocenters. The molecule has 1 heterocycles. The fourth-order valence-corrected chi connectivity index (χ4v) is 1.83. The van der Waals surface area contributed by atoms with Crippen LogP contribution in [0.15, 0.2) is 24.4 Å². The number of nitro groups is 1. The van der Waals surface area contributed by atoms with Gasteiger partial charge in [-0.3, -0.25) is 10.1 Å². The summed E-state index contributed by atoms with van der Waals surface area (Å²) in [6.07, 6.45) is 1.19. The van der Waals surface area contributed by atoms with E-state index in [-0.39, 0.29) is 22.5 Å². The number of benzene rings is 1. The van der Waals surface area contributed by atoms with Crippen LogP contribution in [-0.2, 0) is 0 Å². The van der Waals surface area contributed by atoms with E-state index in [0.29, 0.717) is 0 Å². The van der Waals surface area contributed by atoms with E-state index in [4.69, 9.17) is 5.73 Å². The summed E-state index contributed by atoms with van der Waals surface area (Å²) >= 11 is 0. The Kier molecular flexibility index (Phi) is 3.12. The Morgan fingerprint density at radius 2 is 2.00 bits per heavy atom. The van der Waals surface area contributed by atoms with Crippen LogP contribution in [-0.4, -0.2) is 9.91 Å². The minimum atomic E-state index is -1.08. The van der Waals surface area contributed by atoms with Crippen molar-refractivity contribution in [2.24, 2.45) is 0 Å². The molecule has 0 amide bonds. The van der Waals surface area contributed by atoms with Crippen LogP contribution in [0.2, 0.25) is 0 Å². The molecule has 98 valence electrons. The minimum Gasteiger partial charge on any atom is -0.378 e. The van der Waals surface area contributed by atoms with Gasteiger partial charge in [-0.1, -0.05) is 12.1 Å². The van der Waals surface area contributed by atoms with Crippen molar-refractivity contribution in [3.05, 3.63) is 51.7 Å². The van der Waals surface area contributed by atoms with Gasteiger partial charge < -0.3 is 5.73 Å². The Balaban J connectivity index is 2.74. The Bertz CT molecular complexity index is 674. The lowest BCUT2D eigenvalue weighted by atomic mass is 10.0. The van der Waals surface area contributed by atoms with Crippen molar-refractivity contribution >= 4 is 11.5 Å². The fourth-order valence-electron chi connectivity index (χ4n) is 1.83. The maximum absolute atomic E-state index is 13.7. The number of hydrogen-bond donors (Lipinski definition) is 1. The third kappa shape index (κ3) is 2.10. The second kappa shape index (κ2) is 4.60. The summed E-state index contributed by atoms with van der Waals surface area (Å²) < 4.78 is 26.9. The predicted octanol–water partition coefficient (Wildman–Crippen LogP) is 2.83. The quantitative estimate of drug-likeness (QED) is 0.668. The average Bonchev–Trinajstić information content (AvgIpc) is 2.33. The zero-order valence-electron chi connectivity index (χ0n) is 9.85. The number of aromatic nitrogens is 1. The molecule has 19 heavy (non-hydrogen) atoms. The number of anilines is 1. The number of hydrogen-bond acceptors (Lipinski definition) is 4. The molecule has 5 nitrogen and oxygen atoms in total.